The third-order valence-electron chi connectivity index (χ3n) is 2.33. The summed E-state index contributed by atoms with van der Waals surface area (Å²) in [6, 6.07) is 4.59. The third kappa shape index (κ3) is 2.79. The average molecular weight is 338 g/mol. The second-order valence-corrected chi connectivity index (χ2v) is 6.47. The van der Waals surface area contributed by atoms with Crippen molar-refractivity contribution < 1.29 is 23.0 Å². The number of sulfonamides is 1. The van der Waals surface area contributed by atoms with Crippen molar-refractivity contribution in [3.05, 3.63) is 28.2 Å². The number of rotatable bonds is 3. The molecular formula is C11H9Cl2NO5S. The Hall–Kier alpha value is -1.57. The van der Waals surface area contributed by atoms with E-state index >= 15 is 0 Å². The van der Waals surface area contributed by atoms with Crippen LogP contribution in [0.2, 0.25) is 10.0 Å². The molecule has 2 rings (SSSR count). The molecule has 0 saturated heterocycles. The molecule has 0 aliphatic carbocycles. The molecule has 108 valence electrons. The van der Waals surface area contributed by atoms with Gasteiger partial charge in [-0.25, -0.2) is 8.42 Å². The van der Waals surface area contributed by atoms with Gasteiger partial charge in [-0.05, 0) is 12.1 Å². The fraction of sp³-hybridized carbons (Fsp3) is 0.0909. The van der Waals surface area contributed by atoms with Crippen LogP contribution in [0.5, 0.6) is 11.5 Å². The molecule has 0 fully saturated rings. The minimum atomic E-state index is -3.68. The summed E-state index contributed by atoms with van der Waals surface area (Å²) in [6.45, 7) is 0. The fourth-order valence-electron chi connectivity index (χ4n) is 1.51. The van der Waals surface area contributed by atoms with Gasteiger partial charge in [-0.15, -0.1) is 0 Å². The molecule has 20 heavy (non-hydrogen) atoms. The van der Waals surface area contributed by atoms with Crippen molar-refractivity contribution in [2.24, 2.45) is 0 Å². The molecule has 0 radical (unpaired) electrons. The van der Waals surface area contributed by atoms with Gasteiger partial charge in [-0.3, -0.25) is 4.72 Å². The second kappa shape index (κ2) is 5.08. The van der Waals surface area contributed by atoms with Crippen molar-refractivity contribution in [3.63, 3.8) is 0 Å². The fourth-order valence-corrected chi connectivity index (χ4v) is 2.37. The van der Waals surface area contributed by atoms with E-state index < -0.39 is 27.4 Å². The Morgan fingerprint density at radius 3 is 2.45 bits per heavy atom. The molecule has 0 bridgehead atoms. The average Bonchev–Trinajstić information content (AvgIpc) is 2.59. The van der Waals surface area contributed by atoms with Gasteiger partial charge in [-0.2, -0.15) is 0 Å². The lowest BCUT2D eigenvalue weighted by atomic mass is 10.1. The minimum absolute atomic E-state index is 0.101. The first-order chi connectivity index (χ1) is 9.20. The van der Waals surface area contributed by atoms with Gasteiger partial charge in [-0.1, -0.05) is 29.3 Å². The Labute approximate surface area is 124 Å². The van der Waals surface area contributed by atoms with E-state index in [-0.39, 0.29) is 21.4 Å². The van der Waals surface area contributed by atoms with E-state index in [1.165, 1.54) is 12.1 Å². The van der Waals surface area contributed by atoms with Crippen molar-refractivity contribution >= 4 is 39.1 Å². The van der Waals surface area contributed by atoms with Gasteiger partial charge in [0.1, 0.15) is 0 Å². The molecule has 3 N–H and O–H groups in total. The smallest absolute Gasteiger partial charge is 0.253 e. The van der Waals surface area contributed by atoms with Gasteiger partial charge in [0, 0.05) is 5.56 Å². The highest BCUT2D eigenvalue weighted by molar-refractivity contribution is 7.92. The molecule has 9 heteroatoms. The van der Waals surface area contributed by atoms with Crippen molar-refractivity contribution in [3.8, 4) is 22.8 Å². The third-order valence-corrected chi connectivity index (χ3v) is 3.71. The largest absolute Gasteiger partial charge is 0.502 e. The lowest BCUT2D eigenvalue weighted by Gasteiger charge is -2.02. The molecular weight excluding hydrogens is 329 g/mol. The van der Waals surface area contributed by atoms with Crippen LogP contribution in [0.15, 0.2) is 22.6 Å². The molecule has 0 atom stereocenters. The van der Waals surface area contributed by atoms with Gasteiger partial charge in [0.15, 0.2) is 5.76 Å². The van der Waals surface area contributed by atoms with Gasteiger partial charge >= 0.3 is 0 Å². The minimum Gasteiger partial charge on any atom is -0.502 e. The topological polar surface area (TPSA) is 99.8 Å². The highest BCUT2D eigenvalue weighted by Crippen LogP contribution is 2.48. The summed E-state index contributed by atoms with van der Waals surface area (Å²) >= 11 is 11.8. The number of nitrogens with one attached hydrogen (secondary N) is 1. The van der Waals surface area contributed by atoms with Gasteiger partial charge in [0.05, 0.1) is 16.3 Å². The molecule has 0 unspecified atom stereocenters. The molecule has 0 aliphatic heterocycles. The number of anilines is 1. The van der Waals surface area contributed by atoms with E-state index in [4.69, 9.17) is 27.6 Å². The van der Waals surface area contributed by atoms with Crippen LogP contribution < -0.4 is 4.72 Å². The normalized spacial score (nSPS) is 11.6. The first-order valence-corrected chi connectivity index (χ1v) is 7.82. The Kier molecular flexibility index (Phi) is 3.77. The van der Waals surface area contributed by atoms with Crippen molar-refractivity contribution in [1.82, 2.24) is 0 Å². The highest BCUT2D eigenvalue weighted by atomic mass is 35.5. The summed E-state index contributed by atoms with van der Waals surface area (Å²) in [4.78, 5) is 0. The lowest BCUT2D eigenvalue weighted by Crippen LogP contribution is -2.08. The van der Waals surface area contributed by atoms with E-state index in [9.17, 15) is 18.6 Å². The van der Waals surface area contributed by atoms with Gasteiger partial charge < -0.3 is 14.6 Å². The van der Waals surface area contributed by atoms with E-state index in [0.29, 0.717) is 0 Å². The van der Waals surface area contributed by atoms with Crippen LogP contribution in [0.25, 0.3) is 11.3 Å². The Morgan fingerprint density at radius 2 is 1.85 bits per heavy atom. The Balaban J connectivity index is 2.59. The summed E-state index contributed by atoms with van der Waals surface area (Å²) in [5, 5.41) is 19.8. The van der Waals surface area contributed by atoms with E-state index in [2.05, 4.69) is 0 Å². The standard InChI is InChI=1S/C11H9Cl2NO5S/c1-20(17,18)14-11-9(16)8(15)10(19-11)5-3-2-4-6(12)7(5)13/h2-4,14-16H,1H3. The first kappa shape index (κ1) is 14.8. The zero-order valence-corrected chi connectivity index (χ0v) is 12.3. The Morgan fingerprint density at radius 1 is 1.20 bits per heavy atom. The predicted octanol–water partition coefficient (Wildman–Crippen LogP) is 3.04. The molecule has 0 spiro atoms. The quantitative estimate of drug-likeness (QED) is 0.799. The first-order valence-electron chi connectivity index (χ1n) is 5.17. The zero-order valence-electron chi connectivity index (χ0n) is 10.0. The van der Waals surface area contributed by atoms with Crippen LogP contribution in [0.4, 0.5) is 5.88 Å². The number of hydrogen-bond acceptors (Lipinski definition) is 5. The SMILES string of the molecule is CS(=O)(=O)Nc1oc(-c2cccc(Cl)c2Cl)c(O)c1O. The van der Waals surface area contributed by atoms with Gasteiger partial charge in [0.25, 0.3) is 5.88 Å². The molecule has 1 aromatic carbocycles. The maximum atomic E-state index is 11.1. The molecule has 0 saturated carbocycles. The summed E-state index contributed by atoms with van der Waals surface area (Å²) in [7, 11) is -3.68. The van der Waals surface area contributed by atoms with Crippen LogP contribution in [-0.4, -0.2) is 24.9 Å². The molecule has 0 amide bonds. The maximum absolute atomic E-state index is 11.1. The second-order valence-electron chi connectivity index (χ2n) is 3.93. The van der Waals surface area contributed by atoms with Crippen LogP contribution >= 0.6 is 23.2 Å². The molecule has 6 nitrogen and oxygen atoms in total. The monoisotopic (exact) mass is 337 g/mol. The van der Waals surface area contributed by atoms with Crippen LogP contribution in [-0.2, 0) is 10.0 Å². The molecule has 1 aromatic heterocycles. The van der Waals surface area contributed by atoms with Crippen LogP contribution in [0, 0.1) is 0 Å². The number of furan rings is 1. The van der Waals surface area contributed by atoms with Gasteiger partial charge in [0.2, 0.25) is 21.5 Å². The Bertz CT molecular complexity index is 769. The zero-order chi connectivity index (χ0) is 15.1. The van der Waals surface area contributed by atoms with Crippen LogP contribution in [0.3, 0.4) is 0 Å². The lowest BCUT2D eigenvalue weighted by molar-refractivity contribution is 0.410. The molecule has 0 aliphatic rings. The number of benzene rings is 1. The van der Waals surface area contributed by atoms with E-state index in [0.717, 1.165) is 6.26 Å². The van der Waals surface area contributed by atoms with Crippen molar-refractivity contribution in [2.45, 2.75) is 0 Å². The summed E-state index contributed by atoms with van der Waals surface area (Å²) in [5.74, 6) is -2.07. The molecule has 1 heterocycles. The number of aromatic hydroxyl groups is 2. The summed E-state index contributed by atoms with van der Waals surface area (Å²) in [6.07, 6.45) is 0.873. The summed E-state index contributed by atoms with van der Waals surface area (Å²) < 4.78 is 29.3. The predicted molar refractivity (Wildman–Crippen MR) is 76.0 cm³/mol. The molecule has 2 aromatic rings. The van der Waals surface area contributed by atoms with Crippen molar-refractivity contribution in [2.75, 3.05) is 11.0 Å². The number of halogens is 2. The number of hydrogen-bond donors (Lipinski definition) is 3. The van der Waals surface area contributed by atoms with E-state index in [1.54, 1.807) is 6.07 Å². The van der Waals surface area contributed by atoms with Crippen molar-refractivity contribution in [1.29, 1.82) is 0 Å². The maximum Gasteiger partial charge on any atom is 0.253 e. The highest BCUT2D eigenvalue weighted by Gasteiger charge is 2.24. The summed E-state index contributed by atoms with van der Waals surface area (Å²) in [5.41, 5.74) is 0.216. The van der Waals surface area contributed by atoms with E-state index in [1.807, 2.05) is 4.72 Å². The van der Waals surface area contributed by atoms with Crippen LogP contribution in [0.1, 0.15) is 0 Å².